The first-order chi connectivity index (χ1) is 6.77. The minimum absolute atomic E-state index is 0.622. The molecule has 14 heavy (non-hydrogen) atoms. The summed E-state index contributed by atoms with van der Waals surface area (Å²) in [6, 6.07) is 8.17. The molecule has 0 aliphatic heterocycles. The van der Waals surface area contributed by atoms with Crippen LogP contribution >= 0.6 is 0 Å². The smallest absolute Gasteiger partial charge is 0.122 e. The Morgan fingerprint density at radius 2 is 2.07 bits per heavy atom. The highest BCUT2D eigenvalue weighted by Gasteiger charge is 2.06. The van der Waals surface area contributed by atoms with Crippen LogP contribution in [-0.4, -0.2) is 13.7 Å². The van der Waals surface area contributed by atoms with Crippen molar-refractivity contribution in [2.45, 2.75) is 19.8 Å². The number of rotatable bonds is 5. The highest BCUT2D eigenvalue weighted by atomic mass is 16.5. The van der Waals surface area contributed by atoms with Gasteiger partial charge >= 0.3 is 0 Å². The highest BCUT2D eigenvalue weighted by molar-refractivity contribution is 5.33. The molecule has 1 aromatic rings. The van der Waals surface area contributed by atoms with Crippen molar-refractivity contribution in [1.29, 1.82) is 0 Å². The Hall–Kier alpha value is -1.02. The summed E-state index contributed by atoms with van der Waals surface area (Å²) in [5, 5.41) is 0. The predicted octanol–water partition coefficient (Wildman–Crippen LogP) is 2.22. The second-order valence-electron chi connectivity index (χ2n) is 3.70. The van der Waals surface area contributed by atoms with E-state index in [1.54, 1.807) is 7.11 Å². The molecule has 2 heteroatoms. The number of methoxy groups -OCH3 is 1. The van der Waals surface area contributed by atoms with Gasteiger partial charge in [-0.15, -0.1) is 0 Å². The van der Waals surface area contributed by atoms with Gasteiger partial charge < -0.3 is 10.5 Å². The normalized spacial score (nSPS) is 12.5. The minimum Gasteiger partial charge on any atom is -0.496 e. The van der Waals surface area contributed by atoms with Crippen LogP contribution in [0.25, 0.3) is 0 Å². The molecule has 1 atom stereocenters. The Balaban J connectivity index is 2.65. The second kappa shape index (κ2) is 5.66. The van der Waals surface area contributed by atoms with Gasteiger partial charge in [-0.25, -0.2) is 0 Å². The summed E-state index contributed by atoms with van der Waals surface area (Å²) >= 11 is 0. The summed E-state index contributed by atoms with van der Waals surface area (Å²) in [7, 11) is 1.71. The lowest BCUT2D eigenvalue weighted by Crippen LogP contribution is -2.08. The lowest BCUT2D eigenvalue weighted by Gasteiger charge is -2.12. The van der Waals surface area contributed by atoms with Crippen LogP contribution in [-0.2, 0) is 6.42 Å². The maximum atomic E-state index is 5.52. The largest absolute Gasteiger partial charge is 0.496 e. The topological polar surface area (TPSA) is 35.2 Å². The van der Waals surface area contributed by atoms with Crippen LogP contribution in [0.15, 0.2) is 24.3 Å². The van der Waals surface area contributed by atoms with E-state index < -0.39 is 0 Å². The summed E-state index contributed by atoms with van der Waals surface area (Å²) in [6.07, 6.45) is 2.11. The van der Waals surface area contributed by atoms with Crippen LogP contribution in [0.2, 0.25) is 0 Å². The molecule has 0 amide bonds. The molecule has 0 fully saturated rings. The molecular weight excluding hydrogens is 174 g/mol. The van der Waals surface area contributed by atoms with Gasteiger partial charge in [0.1, 0.15) is 5.75 Å². The molecule has 2 N–H and O–H groups in total. The van der Waals surface area contributed by atoms with E-state index in [1.165, 1.54) is 5.56 Å². The van der Waals surface area contributed by atoms with Gasteiger partial charge in [-0.3, -0.25) is 0 Å². The van der Waals surface area contributed by atoms with E-state index in [9.17, 15) is 0 Å². The summed E-state index contributed by atoms with van der Waals surface area (Å²) < 4.78 is 5.29. The molecule has 0 saturated heterocycles. The monoisotopic (exact) mass is 193 g/mol. The highest BCUT2D eigenvalue weighted by Crippen LogP contribution is 2.21. The molecule has 0 aliphatic rings. The third-order valence-corrected chi connectivity index (χ3v) is 2.42. The van der Waals surface area contributed by atoms with Crippen LogP contribution < -0.4 is 10.5 Å². The fraction of sp³-hybridized carbons (Fsp3) is 0.500. The fourth-order valence-electron chi connectivity index (χ4n) is 1.63. The predicted molar refractivity (Wildman–Crippen MR) is 59.5 cm³/mol. The van der Waals surface area contributed by atoms with Crippen molar-refractivity contribution in [3.63, 3.8) is 0 Å². The molecule has 0 radical (unpaired) electrons. The van der Waals surface area contributed by atoms with E-state index in [1.807, 2.05) is 18.2 Å². The third-order valence-electron chi connectivity index (χ3n) is 2.42. The molecule has 0 heterocycles. The molecule has 1 rings (SSSR count). The van der Waals surface area contributed by atoms with Crippen LogP contribution in [0.5, 0.6) is 5.75 Å². The zero-order valence-electron chi connectivity index (χ0n) is 8.99. The molecule has 0 aromatic heterocycles. The van der Waals surface area contributed by atoms with Crippen molar-refractivity contribution >= 4 is 0 Å². The fourth-order valence-corrected chi connectivity index (χ4v) is 1.63. The number of para-hydroxylation sites is 1. The Kier molecular flexibility index (Phi) is 4.47. The molecule has 0 saturated carbocycles. The third kappa shape index (κ3) is 3.04. The van der Waals surface area contributed by atoms with E-state index in [2.05, 4.69) is 13.0 Å². The van der Waals surface area contributed by atoms with Crippen molar-refractivity contribution < 1.29 is 4.74 Å². The Morgan fingerprint density at radius 1 is 1.36 bits per heavy atom. The SMILES string of the molecule is COc1ccccc1C[C@@H](C)CCN. The van der Waals surface area contributed by atoms with Crippen LogP contribution in [0.3, 0.4) is 0 Å². The van der Waals surface area contributed by atoms with Gasteiger partial charge in [0.15, 0.2) is 0 Å². The number of nitrogens with two attached hydrogens (primary N) is 1. The van der Waals surface area contributed by atoms with E-state index in [-0.39, 0.29) is 0 Å². The lowest BCUT2D eigenvalue weighted by atomic mass is 9.97. The molecule has 2 nitrogen and oxygen atoms in total. The number of hydrogen-bond donors (Lipinski definition) is 1. The Morgan fingerprint density at radius 3 is 2.71 bits per heavy atom. The number of benzene rings is 1. The summed E-state index contributed by atoms with van der Waals surface area (Å²) in [6.45, 7) is 2.98. The second-order valence-corrected chi connectivity index (χ2v) is 3.70. The maximum absolute atomic E-state index is 5.52. The first-order valence-electron chi connectivity index (χ1n) is 5.10. The van der Waals surface area contributed by atoms with E-state index in [4.69, 9.17) is 10.5 Å². The van der Waals surface area contributed by atoms with E-state index >= 15 is 0 Å². The molecule has 1 aromatic carbocycles. The zero-order chi connectivity index (χ0) is 10.4. The molecule has 78 valence electrons. The van der Waals surface area contributed by atoms with Crippen molar-refractivity contribution in [3.8, 4) is 5.75 Å². The van der Waals surface area contributed by atoms with Crippen molar-refractivity contribution in [2.24, 2.45) is 11.7 Å². The molecule has 0 aliphatic carbocycles. The van der Waals surface area contributed by atoms with Crippen LogP contribution in [0.4, 0.5) is 0 Å². The standard InChI is InChI=1S/C12H19NO/c1-10(7-8-13)9-11-5-3-4-6-12(11)14-2/h3-6,10H,7-9,13H2,1-2H3/t10-/m0/s1. The zero-order valence-corrected chi connectivity index (χ0v) is 8.99. The molecular formula is C12H19NO. The van der Waals surface area contributed by atoms with Gasteiger partial charge in [-0.05, 0) is 36.9 Å². The average molecular weight is 193 g/mol. The van der Waals surface area contributed by atoms with Crippen LogP contribution in [0, 0.1) is 5.92 Å². The number of hydrogen-bond acceptors (Lipinski definition) is 2. The van der Waals surface area contributed by atoms with Crippen molar-refractivity contribution in [1.82, 2.24) is 0 Å². The summed E-state index contributed by atoms with van der Waals surface area (Å²) in [5.74, 6) is 1.60. The van der Waals surface area contributed by atoms with Gasteiger partial charge in [0.05, 0.1) is 7.11 Å². The average Bonchev–Trinajstić information content (AvgIpc) is 2.19. The summed E-state index contributed by atoms with van der Waals surface area (Å²) in [5.41, 5.74) is 6.80. The molecule has 0 bridgehead atoms. The van der Waals surface area contributed by atoms with E-state index in [0.29, 0.717) is 5.92 Å². The Labute approximate surface area is 86.1 Å². The van der Waals surface area contributed by atoms with Crippen molar-refractivity contribution in [3.05, 3.63) is 29.8 Å². The van der Waals surface area contributed by atoms with Gasteiger partial charge in [-0.2, -0.15) is 0 Å². The van der Waals surface area contributed by atoms with Gasteiger partial charge in [0, 0.05) is 0 Å². The van der Waals surface area contributed by atoms with Gasteiger partial charge in [-0.1, -0.05) is 25.1 Å². The van der Waals surface area contributed by atoms with Gasteiger partial charge in [0.25, 0.3) is 0 Å². The van der Waals surface area contributed by atoms with Gasteiger partial charge in [0.2, 0.25) is 0 Å². The lowest BCUT2D eigenvalue weighted by molar-refractivity contribution is 0.404. The Bertz CT molecular complexity index is 273. The number of ether oxygens (including phenoxy) is 1. The van der Waals surface area contributed by atoms with E-state index in [0.717, 1.165) is 25.1 Å². The maximum Gasteiger partial charge on any atom is 0.122 e. The minimum atomic E-state index is 0.622. The molecule has 0 spiro atoms. The van der Waals surface area contributed by atoms with Crippen LogP contribution in [0.1, 0.15) is 18.9 Å². The first-order valence-corrected chi connectivity index (χ1v) is 5.10. The van der Waals surface area contributed by atoms with Crippen molar-refractivity contribution in [2.75, 3.05) is 13.7 Å². The molecule has 0 unspecified atom stereocenters. The first kappa shape index (κ1) is 11.1. The quantitative estimate of drug-likeness (QED) is 0.778. The summed E-state index contributed by atoms with van der Waals surface area (Å²) in [4.78, 5) is 0.